The molecule has 0 unspecified atom stereocenters. The Kier molecular flexibility index (Phi) is 5.30. The minimum absolute atomic E-state index is 0.150. The summed E-state index contributed by atoms with van der Waals surface area (Å²) in [7, 11) is 1.11. The van der Waals surface area contributed by atoms with E-state index >= 15 is 0 Å². The van der Waals surface area contributed by atoms with E-state index in [4.69, 9.17) is 14.7 Å². The molecule has 1 rings (SSSR count). The molecule has 2 atom stereocenters. The molecule has 0 fully saturated rings. The van der Waals surface area contributed by atoms with Crippen molar-refractivity contribution < 1.29 is 28.6 Å². The first-order valence-corrected chi connectivity index (χ1v) is 6.23. The summed E-state index contributed by atoms with van der Waals surface area (Å²) in [6.45, 7) is 2.96. The van der Waals surface area contributed by atoms with E-state index in [0.717, 1.165) is 7.11 Å². The third-order valence-electron chi connectivity index (χ3n) is 2.74. The van der Waals surface area contributed by atoms with Crippen LogP contribution in [0.1, 0.15) is 20.3 Å². The molecule has 8 nitrogen and oxygen atoms in total. The summed E-state index contributed by atoms with van der Waals surface area (Å²) in [4.78, 5) is 35.1. The Balaban J connectivity index is 3.19. The molecule has 1 aliphatic rings. The lowest BCUT2D eigenvalue weighted by Gasteiger charge is -2.36. The number of carbonyl (C=O) groups excluding carboxylic acids is 3. The number of carbonyl (C=O) groups is 3. The molecular formula is C13H16N2O6. The Morgan fingerprint density at radius 2 is 2.24 bits per heavy atom. The van der Waals surface area contributed by atoms with E-state index in [-0.39, 0.29) is 18.8 Å². The van der Waals surface area contributed by atoms with Crippen LogP contribution in [0.15, 0.2) is 11.8 Å². The molecule has 0 aromatic heterocycles. The minimum atomic E-state index is -1.92. The van der Waals surface area contributed by atoms with Gasteiger partial charge in [0.25, 0.3) is 5.72 Å². The smallest absolute Gasteiger partial charge is 0.372 e. The zero-order chi connectivity index (χ0) is 16.0. The van der Waals surface area contributed by atoms with Gasteiger partial charge in [-0.3, -0.25) is 9.59 Å². The number of rotatable bonds is 4. The van der Waals surface area contributed by atoms with Crippen molar-refractivity contribution in [3.8, 4) is 6.07 Å². The molecule has 0 saturated heterocycles. The van der Waals surface area contributed by atoms with Crippen molar-refractivity contribution in [1.29, 1.82) is 5.26 Å². The number of nitrogens with one attached hydrogen (secondary N) is 1. The van der Waals surface area contributed by atoms with E-state index in [1.54, 1.807) is 13.0 Å². The van der Waals surface area contributed by atoms with Crippen LogP contribution < -0.4 is 5.32 Å². The maximum absolute atomic E-state index is 12.0. The first-order chi connectivity index (χ1) is 9.88. The Labute approximate surface area is 121 Å². The Hall–Kier alpha value is -2.56. The Morgan fingerprint density at radius 1 is 1.57 bits per heavy atom. The van der Waals surface area contributed by atoms with Crippen LogP contribution in [-0.4, -0.2) is 37.3 Å². The number of allylic oxidation sites excluding steroid dienone is 1. The van der Waals surface area contributed by atoms with Crippen molar-refractivity contribution in [2.45, 2.75) is 26.0 Å². The van der Waals surface area contributed by atoms with Crippen molar-refractivity contribution in [2.75, 3.05) is 13.7 Å². The third-order valence-corrected chi connectivity index (χ3v) is 2.74. The zero-order valence-corrected chi connectivity index (χ0v) is 12.0. The zero-order valence-electron chi connectivity index (χ0n) is 12.0. The number of methoxy groups -OCH3 is 1. The maximum atomic E-state index is 12.0. The van der Waals surface area contributed by atoms with Crippen LogP contribution in [0.5, 0.6) is 0 Å². The quantitative estimate of drug-likeness (QED) is 0.726. The third kappa shape index (κ3) is 3.72. The number of nitriles is 1. The molecule has 0 bridgehead atoms. The van der Waals surface area contributed by atoms with Gasteiger partial charge in [0.2, 0.25) is 5.91 Å². The van der Waals surface area contributed by atoms with E-state index in [0.29, 0.717) is 0 Å². The van der Waals surface area contributed by atoms with Crippen LogP contribution in [0.25, 0.3) is 0 Å². The monoisotopic (exact) mass is 296 g/mol. The number of amides is 1. The number of ether oxygens (including phenoxy) is 3. The predicted molar refractivity (Wildman–Crippen MR) is 68.1 cm³/mol. The van der Waals surface area contributed by atoms with E-state index in [2.05, 4.69) is 10.1 Å². The average Bonchev–Trinajstić information content (AvgIpc) is 2.45. The van der Waals surface area contributed by atoms with Crippen LogP contribution in [0, 0.1) is 17.2 Å². The van der Waals surface area contributed by atoms with Gasteiger partial charge >= 0.3 is 11.9 Å². The van der Waals surface area contributed by atoms with E-state index in [1.165, 1.54) is 13.0 Å². The molecule has 1 N–H and O–H groups in total. The summed E-state index contributed by atoms with van der Waals surface area (Å²) in [5.74, 6) is -3.26. The van der Waals surface area contributed by atoms with Gasteiger partial charge in [-0.1, -0.05) is 0 Å². The van der Waals surface area contributed by atoms with Crippen LogP contribution in [0.4, 0.5) is 0 Å². The molecule has 8 heteroatoms. The normalized spacial score (nSPS) is 23.9. The molecule has 1 aliphatic heterocycles. The van der Waals surface area contributed by atoms with Crippen molar-refractivity contribution in [3.05, 3.63) is 11.8 Å². The Bertz CT molecular complexity index is 521. The molecule has 0 aromatic rings. The van der Waals surface area contributed by atoms with Crippen molar-refractivity contribution >= 4 is 17.8 Å². The van der Waals surface area contributed by atoms with Crippen LogP contribution >= 0.6 is 0 Å². The molecule has 0 aliphatic carbocycles. The summed E-state index contributed by atoms with van der Waals surface area (Å²) in [6.07, 6.45) is 1.03. The van der Waals surface area contributed by atoms with Gasteiger partial charge in [-0.2, -0.15) is 5.26 Å². The largest absolute Gasteiger partial charge is 0.466 e. The topological polar surface area (TPSA) is 115 Å². The van der Waals surface area contributed by atoms with E-state index in [1.807, 2.05) is 0 Å². The molecule has 21 heavy (non-hydrogen) atoms. The fourth-order valence-electron chi connectivity index (χ4n) is 1.98. The maximum Gasteiger partial charge on any atom is 0.372 e. The second-order valence-electron chi connectivity index (χ2n) is 4.31. The van der Waals surface area contributed by atoms with Crippen LogP contribution in [0.2, 0.25) is 0 Å². The fraction of sp³-hybridized carbons (Fsp3) is 0.538. The lowest BCUT2D eigenvalue weighted by molar-refractivity contribution is -0.177. The van der Waals surface area contributed by atoms with Gasteiger partial charge in [0, 0.05) is 13.3 Å². The van der Waals surface area contributed by atoms with Crippen molar-refractivity contribution in [1.82, 2.24) is 5.32 Å². The van der Waals surface area contributed by atoms with Crippen LogP contribution in [0.3, 0.4) is 0 Å². The van der Waals surface area contributed by atoms with Gasteiger partial charge in [0.15, 0.2) is 5.76 Å². The summed E-state index contributed by atoms with van der Waals surface area (Å²) in [5.41, 5.74) is -1.92. The standard InChI is InChI=1S/C13H16N2O6/c1-4-20-11(17)9-5-10(7-14)21-13(6-9,12(18)19-3)15-8(2)16/h5,9H,4,6H2,1-3H3,(H,15,16)/t9-,13+/m1/s1. The molecule has 114 valence electrons. The summed E-state index contributed by atoms with van der Waals surface area (Å²) in [5, 5.41) is 11.3. The van der Waals surface area contributed by atoms with Gasteiger partial charge < -0.3 is 19.5 Å². The summed E-state index contributed by atoms with van der Waals surface area (Å²) >= 11 is 0. The molecule has 0 spiro atoms. The number of nitrogens with zero attached hydrogens (tertiary/aromatic N) is 1. The number of esters is 2. The predicted octanol–water partition coefficient (Wildman–Crippen LogP) is -0.00112. The first-order valence-electron chi connectivity index (χ1n) is 6.23. The second-order valence-corrected chi connectivity index (χ2v) is 4.31. The van der Waals surface area contributed by atoms with Gasteiger partial charge in [0.05, 0.1) is 19.6 Å². The molecular weight excluding hydrogens is 280 g/mol. The van der Waals surface area contributed by atoms with Crippen molar-refractivity contribution in [2.24, 2.45) is 5.92 Å². The van der Waals surface area contributed by atoms with Gasteiger partial charge in [-0.05, 0) is 13.0 Å². The van der Waals surface area contributed by atoms with Crippen molar-refractivity contribution in [3.63, 3.8) is 0 Å². The summed E-state index contributed by atoms with van der Waals surface area (Å²) in [6, 6.07) is 1.71. The van der Waals surface area contributed by atoms with Crippen LogP contribution in [-0.2, 0) is 28.6 Å². The molecule has 1 heterocycles. The van der Waals surface area contributed by atoms with Gasteiger partial charge in [-0.15, -0.1) is 0 Å². The highest BCUT2D eigenvalue weighted by molar-refractivity contribution is 5.87. The highest BCUT2D eigenvalue weighted by Crippen LogP contribution is 2.31. The van der Waals surface area contributed by atoms with Gasteiger partial charge in [-0.25, -0.2) is 4.79 Å². The highest BCUT2D eigenvalue weighted by atomic mass is 16.6. The second kappa shape index (κ2) is 6.74. The Morgan fingerprint density at radius 3 is 2.71 bits per heavy atom. The lowest BCUT2D eigenvalue weighted by Crippen LogP contribution is -2.59. The number of hydrogen-bond donors (Lipinski definition) is 1. The highest BCUT2D eigenvalue weighted by Gasteiger charge is 2.49. The first kappa shape index (κ1) is 16.5. The molecule has 0 saturated carbocycles. The van der Waals surface area contributed by atoms with Gasteiger partial charge in [0.1, 0.15) is 6.07 Å². The number of hydrogen-bond acceptors (Lipinski definition) is 7. The van der Waals surface area contributed by atoms with E-state index in [9.17, 15) is 14.4 Å². The average molecular weight is 296 g/mol. The minimum Gasteiger partial charge on any atom is -0.466 e. The summed E-state index contributed by atoms with van der Waals surface area (Å²) < 4.78 is 14.7. The lowest BCUT2D eigenvalue weighted by atomic mass is 9.93. The molecule has 0 radical (unpaired) electrons. The van der Waals surface area contributed by atoms with E-state index < -0.39 is 29.5 Å². The molecule has 1 amide bonds. The SMILES string of the molecule is CCOC(=O)[C@@H]1C=C(C#N)O[C@](NC(C)=O)(C(=O)OC)C1. The fourth-order valence-corrected chi connectivity index (χ4v) is 1.98. The molecule has 0 aromatic carbocycles.